The fraction of sp³-hybridized carbons (Fsp3) is 0.231. The molecule has 0 fully saturated rings. The molecule has 2 aromatic carbocycles. The first-order valence-corrected chi connectivity index (χ1v) is 13.5. The largest absolute Gasteiger partial charge is 0.486 e. The molecule has 4 aromatic rings. The first-order valence-electron chi connectivity index (χ1n) is 11.6. The van der Waals surface area contributed by atoms with Gasteiger partial charge in [0, 0.05) is 17.5 Å². The molecule has 0 radical (unpaired) electrons. The Morgan fingerprint density at radius 3 is 2.56 bits per heavy atom. The predicted octanol–water partition coefficient (Wildman–Crippen LogP) is 6.14. The zero-order valence-corrected chi connectivity index (χ0v) is 22.5. The van der Waals surface area contributed by atoms with E-state index in [4.69, 9.17) is 9.47 Å². The smallest absolute Gasteiger partial charge is 0.416 e. The molecule has 2 heterocycles. The number of nitrogens with one attached hydrogen (secondary N) is 1. The minimum Gasteiger partial charge on any atom is -0.486 e. The van der Waals surface area contributed by atoms with E-state index in [1.165, 1.54) is 30.6 Å². The number of rotatable bonds is 10. The van der Waals surface area contributed by atoms with Crippen LogP contribution in [0.1, 0.15) is 28.7 Å². The molecule has 0 saturated carbocycles. The number of esters is 1. The van der Waals surface area contributed by atoms with Crippen LogP contribution in [0.15, 0.2) is 65.1 Å². The topological polar surface area (TPSA) is 95.3 Å². The Labute approximate surface area is 230 Å². The third kappa shape index (κ3) is 6.79. The minimum atomic E-state index is -4.48. The average molecular weight is 577 g/mol. The fourth-order valence-corrected chi connectivity index (χ4v) is 5.43. The van der Waals surface area contributed by atoms with Gasteiger partial charge >= 0.3 is 12.1 Å². The van der Waals surface area contributed by atoms with Gasteiger partial charge in [-0.3, -0.25) is 4.79 Å². The summed E-state index contributed by atoms with van der Waals surface area (Å²) in [6, 6.07) is 13.9. The molecule has 0 aliphatic rings. The first-order chi connectivity index (χ1) is 18.7. The number of hydrogen-bond donors (Lipinski definition) is 1. The fourth-order valence-electron chi connectivity index (χ4n) is 3.64. The highest BCUT2D eigenvalue weighted by atomic mass is 32.2. The maximum absolute atomic E-state index is 13.0. The Kier molecular flexibility index (Phi) is 8.92. The van der Waals surface area contributed by atoms with E-state index in [1.54, 1.807) is 9.95 Å². The summed E-state index contributed by atoms with van der Waals surface area (Å²) in [6.45, 7) is 2.20. The second-order valence-corrected chi connectivity index (χ2v) is 9.83. The van der Waals surface area contributed by atoms with Crippen LogP contribution in [0.25, 0.3) is 11.1 Å². The van der Waals surface area contributed by atoms with Gasteiger partial charge in [0.2, 0.25) is 5.91 Å². The summed E-state index contributed by atoms with van der Waals surface area (Å²) in [5.74, 6) is -0.493. The lowest BCUT2D eigenvalue weighted by molar-refractivity contribution is -0.137. The molecule has 4 rings (SSSR count). The molecule has 0 aliphatic carbocycles. The number of anilines is 1. The number of thioether (sulfide) groups is 1. The molecule has 13 heteroatoms. The number of methoxy groups -OCH3 is 1. The van der Waals surface area contributed by atoms with Gasteiger partial charge in [0.05, 0.1) is 18.4 Å². The van der Waals surface area contributed by atoms with Crippen LogP contribution in [0.3, 0.4) is 0 Å². The molecule has 0 bridgehead atoms. The van der Waals surface area contributed by atoms with Gasteiger partial charge < -0.3 is 19.4 Å². The maximum atomic E-state index is 13.0. The third-order valence-corrected chi connectivity index (χ3v) is 7.35. The summed E-state index contributed by atoms with van der Waals surface area (Å²) >= 11 is 2.35. The summed E-state index contributed by atoms with van der Waals surface area (Å²) < 4.78 is 51.1. The van der Waals surface area contributed by atoms with Gasteiger partial charge in [0.1, 0.15) is 22.9 Å². The number of carbonyl (C=O) groups is 2. The molecule has 39 heavy (non-hydrogen) atoms. The summed E-state index contributed by atoms with van der Waals surface area (Å²) in [6.07, 6.45) is -4.48. The summed E-state index contributed by atoms with van der Waals surface area (Å²) in [7, 11) is 1.28. The van der Waals surface area contributed by atoms with Crippen molar-refractivity contribution < 1.29 is 32.2 Å². The predicted molar refractivity (Wildman–Crippen MR) is 142 cm³/mol. The Hall–Kier alpha value is -3.84. The molecule has 0 saturated heterocycles. The standard InChI is InChI=1S/C26H23F3N4O4S2/c1-3-33-20(13-37-18-11-7-10-17(12-18)26(27,28)29)31-32-25(33)39-15-21(34)30-23-22(24(35)36-2)19(14-38-23)16-8-5-4-6-9-16/h4-12,14H,3,13,15H2,1-2H3,(H,30,34). The van der Waals surface area contributed by atoms with E-state index in [2.05, 4.69) is 15.5 Å². The number of aromatic nitrogens is 3. The number of thiophene rings is 1. The monoisotopic (exact) mass is 576 g/mol. The number of halogens is 3. The van der Waals surface area contributed by atoms with Gasteiger partial charge in [-0.05, 0) is 30.7 Å². The Morgan fingerprint density at radius 2 is 1.87 bits per heavy atom. The van der Waals surface area contributed by atoms with Crippen molar-refractivity contribution >= 4 is 40.0 Å². The van der Waals surface area contributed by atoms with E-state index in [9.17, 15) is 22.8 Å². The molecule has 0 unspecified atom stereocenters. The minimum absolute atomic E-state index is 0.0220. The molecular formula is C26H23F3N4O4S2. The number of benzene rings is 2. The highest BCUT2D eigenvalue weighted by Crippen LogP contribution is 2.36. The highest BCUT2D eigenvalue weighted by molar-refractivity contribution is 7.99. The molecule has 0 spiro atoms. The number of nitrogens with zero attached hydrogens (tertiary/aromatic N) is 3. The second-order valence-electron chi connectivity index (χ2n) is 8.01. The van der Waals surface area contributed by atoms with E-state index in [1.807, 2.05) is 37.3 Å². The van der Waals surface area contributed by atoms with E-state index in [-0.39, 0.29) is 29.6 Å². The summed E-state index contributed by atoms with van der Waals surface area (Å²) in [5.41, 5.74) is 0.945. The quantitative estimate of drug-likeness (QED) is 0.179. The van der Waals surface area contributed by atoms with Crippen molar-refractivity contribution in [1.29, 1.82) is 0 Å². The lowest BCUT2D eigenvalue weighted by atomic mass is 10.0. The van der Waals surface area contributed by atoms with Crippen molar-refractivity contribution in [3.63, 3.8) is 0 Å². The van der Waals surface area contributed by atoms with Crippen molar-refractivity contribution in [1.82, 2.24) is 14.8 Å². The van der Waals surface area contributed by atoms with Gasteiger partial charge in [-0.25, -0.2) is 4.79 Å². The van der Waals surface area contributed by atoms with Crippen molar-refractivity contribution in [3.8, 4) is 16.9 Å². The van der Waals surface area contributed by atoms with Gasteiger partial charge in [-0.15, -0.1) is 21.5 Å². The van der Waals surface area contributed by atoms with Gasteiger partial charge in [0.25, 0.3) is 0 Å². The SMILES string of the molecule is CCn1c(COc2cccc(C(F)(F)F)c2)nnc1SCC(=O)Nc1scc(-c2ccccc2)c1C(=O)OC. The number of alkyl halides is 3. The highest BCUT2D eigenvalue weighted by Gasteiger charge is 2.30. The Bertz CT molecular complexity index is 1460. The lowest BCUT2D eigenvalue weighted by Gasteiger charge is -2.11. The van der Waals surface area contributed by atoms with Gasteiger partial charge in [0.15, 0.2) is 11.0 Å². The average Bonchev–Trinajstić information content (AvgIpc) is 3.54. The van der Waals surface area contributed by atoms with Crippen molar-refractivity contribution in [2.45, 2.75) is 31.4 Å². The zero-order valence-electron chi connectivity index (χ0n) is 20.8. The van der Waals surface area contributed by atoms with Crippen LogP contribution in [0, 0.1) is 0 Å². The second kappa shape index (κ2) is 12.3. The lowest BCUT2D eigenvalue weighted by Crippen LogP contribution is -2.16. The van der Waals surface area contributed by atoms with Gasteiger partial charge in [-0.2, -0.15) is 13.2 Å². The Balaban J connectivity index is 1.41. The van der Waals surface area contributed by atoms with Crippen LogP contribution in [-0.4, -0.2) is 39.5 Å². The van der Waals surface area contributed by atoms with Crippen LogP contribution >= 0.6 is 23.1 Å². The third-order valence-electron chi connectivity index (χ3n) is 5.49. The summed E-state index contributed by atoms with van der Waals surface area (Å²) in [4.78, 5) is 25.3. The van der Waals surface area contributed by atoms with Crippen LogP contribution < -0.4 is 10.1 Å². The molecule has 0 aliphatic heterocycles. The van der Waals surface area contributed by atoms with E-state index in [0.29, 0.717) is 28.1 Å². The van der Waals surface area contributed by atoms with Crippen molar-refractivity contribution in [2.24, 2.45) is 0 Å². The molecule has 1 amide bonds. The molecule has 2 aromatic heterocycles. The Morgan fingerprint density at radius 1 is 1.10 bits per heavy atom. The number of hydrogen-bond acceptors (Lipinski definition) is 8. The molecule has 8 nitrogen and oxygen atoms in total. The van der Waals surface area contributed by atoms with Crippen LogP contribution in [0.5, 0.6) is 5.75 Å². The van der Waals surface area contributed by atoms with E-state index >= 15 is 0 Å². The van der Waals surface area contributed by atoms with Crippen LogP contribution in [0.4, 0.5) is 18.2 Å². The number of amides is 1. The van der Waals surface area contributed by atoms with Crippen LogP contribution in [-0.2, 0) is 28.9 Å². The molecule has 1 N–H and O–H groups in total. The summed E-state index contributed by atoms with van der Waals surface area (Å²) in [5, 5.41) is 13.6. The van der Waals surface area contributed by atoms with E-state index < -0.39 is 17.7 Å². The number of ether oxygens (including phenoxy) is 2. The normalized spacial score (nSPS) is 11.3. The molecular weight excluding hydrogens is 553 g/mol. The van der Waals surface area contributed by atoms with Crippen LogP contribution in [0.2, 0.25) is 0 Å². The first kappa shape index (κ1) is 28.2. The molecule has 0 atom stereocenters. The van der Waals surface area contributed by atoms with Crippen molar-refractivity contribution in [3.05, 3.63) is 76.9 Å². The van der Waals surface area contributed by atoms with Gasteiger partial charge in [-0.1, -0.05) is 48.2 Å². The number of carbonyl (C=O) groups excluding carboxylic acids is 2. The van der Waals surface area contributed by atoms with Crippen molar-refractivity contribution in [2.75, 3.05) is 18.2 Å². The molecule has 204 valence electrons. The maximum Gasteiger partial charge on any atom is 0.416 e. The van der Waals surface area contributed by atoms with E-state index in [0.717, 1.165) is 29.5 Å². The zero-order chi connectivity index (χ0) is 28.0.